The number of amides is 1. The minimum Gasteiger partial charge on any atom is -0.442 e. The highest BCUT2D eigenvalue weighted by Crippen LogP contribution is 2.27. The largest absolute Gasteiger partial charge is 0.442 e. The smallest absolute Gasteiger partial charge is 0.265 e. The van der Waals surface area contributed by atoms with Gasteiger partial charge >= 0.3 is 0 Å². The molecule has 1 N–H and O–H groups in total. The second-order valence-corrected chi connectivity index (χ2v) is 6.96. The van der Waals surface area contributed by atoms with Crippen molar-refractivity contribution in [2.24, 2.45) is 0 Å². The van der Waals surface area contributed by atoms with Gasteiger partial charge in [-0.25, -0.2) is 4.98 Å². The number of methoxy groups -OCH3 is 1. The summed E-state index contributed by atoms with van der Waals surface area (Å²) >= 11 is 0. The van der Waals surface area contributed by atoms with Gasteiger partial charge in [0.05, 0.1) is 5.56 Å². The maximum atomic E-state index is 13.3. The Labute approximate surface area is 157 Å². The van der Waals surface area contributed by atoms with Crippen molar-refractivity contribution in [1.29, 1.82) is 0 Å². The molecule has 8 heteroatoms. The first kappa shape index (κ1) is 19.6. The molecule has 8 nitrogen and oxygen atoms in total. The van der Waals surface area contributed by atoms with Gasteiger partial charge in [-0.2, -0.15) is 0 Å². The van der Waals surface area contributed by atoms with Crippen LogP contribution in [0.15, 0.2) is 15.5 Å². The van der Waals surface area contributed by atoms with Gasteiger partial charge in [-0.05, 0) is 39.0 Å². The number of fused-ring (bicyclic) bond motifs is 1. The molecule has 2 aromatic heterocycles. The van der Waals surface area contributed by atoms with E-state index in [0.717, 1.165) is 19.3 Å². The van der Waals surface area contributed by atoms with Gasteiger partial charge in [0, 0.05) is 39.5 Å². The number of aliphatic hydroxyl groups is 1. The predicted molar refractivity (Wildman–Crippen MR) is 99.9 cm³/mol. The summed E-state index contributed by atoms with van der Waals surface area (Å²) in [5, 5.41) is 9.57. The molecule has 2 aromatic rings. The van der Waals surface area contributed by atoms with Crippen molar-refractivity contribution in [3.63, 3.8) is 0 Å². The highest BCUT2D eigenvalue weighted by molar-refractivity contribution is 6.06. The van der Waals surface area contributed by atoms with Gasteiger partial charge in [0.1, 0.15) is 17.5 Å². The zero-order valence-electron chi connectivity index (χ0n) is 15.9. The lowest BCUT2D eigenvalue weighted by molar-refractivity contribution is 0.0574. The lowest BCUT2D eigenvalue weighted by Crippen LogP contribution is -2.44. The Bertz CT molecular complexity index is 855. The van der Waals surface area contributed by atoms with E-state index in [4.69, 9.17) is 9.15 Å². The van der Waals surface area contributed by atoms with Crippen LogP contribution in [0.1, 0.15) is 48.2 Å². The summed E-state index contributed by atoms with van der Waals surface area (Å²) in [5.74, 6) is 0.195. The maximum absolute atomic E-state index is 13.3. The van der Waals surface area contributed by atoms with Crippen LogP contribution in [-0.4, -0.2) is 58.4 Å². The molecule has 27 heavy (non-hydrogen) atoms. The normalized spacial score (nSPS) is 17.6. The number of rotatable bonds is 7. The molecule has 1 saturated heterocycles. The monoisotopic (exact) mass is 377 g/mol. The fraction of sp³-hybridized carbons (Fsp3) is 0.632. The van der Waals surface area contributed by atoms with E-state index in [-0.39, 0.29) is 35.2 Å². The Balaban J connectivity index is 1.99. The van der Waals surface area contributed by atoms with E-state index in [1.54, 1.807) is 18.9 Å². The third-order valence-corrected chi connectivity index (χ3v) is 5.17. The Morgan fingerprint density at radius 3 is 3.00 bits per heavy atom. The quantitative estimate of drug-likeness (QED) is 0.738. The first-order valence-corrected chi connectivity index (χ1v) is 9.47. The first-order valence-electron chi connectivity index (χ1n) is 9.47. The fourth-order valence-corrected chi connectivity index (χ4v) is 3.79. The van der Waals surface area contributed by atoms with Crippen LogP contribution in [0.3, 0.4) is 0 Å². The second-order valence-electron chi connectivity index (χ2n) is 6.96. The SMILES string of the molecule is COCCCn1cnc2oc(C)c(C(=O)N3CCCCC3CCO)c2c1=O. The lowest BCUT2D eigenvalue weighted by Gasteiger charge is -2.35. The summed E-state index contributed by atoms with van der Waals surface area (Å²) in [5.41, 5.74) is 0.222. The molecule has 1 unspecified atom stereocenters. The van der Waals surface area contributed by atoms with Crippen molar-refractivity contribution in [3.8, 4) is 0 Å². The van der Waals surface area contributed by atoms with Crippen molar-refractivity contribution in [3.05, 3.63) is 28.0 Å². The second kappa shape index (κ2) is 8.67. The number of carbonyl (C=O) groups is 1. The Morgan fingerprint density at radius 2 is 2.26 bits per heavy atom. The molecular weight excluding hydrogens is 350 g/mol. The fourth-order valence-electron chi connectivity index (χ4n) is 3.79. The Kier molecular flexibility index (Phi) is 6.28. The topological polar surface area (TPSA) is 97.8 Å². The number of nitrogens with zero attached hydrogens (tertiary/aromatic N) is 3. The van der Waals surface area contributed by atoms with Crippen LogP contribution in [0.5, 0.6) is 0 Å². The molecule has 0 aliphatic carbocycles. The summed E-state index contributed by atoms with van der Waals surface area (Å²) in [6, 6.07) is -0.0128. The minimum atomic E-state index is -0.271. The molecule has 148 valence electrons. The van der Waals surface area contributed by atoms with Gasteiger partial charge in [0.2, 0.25) is 5.71 Å². The summed E-state index contributed by atoms with van der Waals surface area (Å²) in [7, 11) is 1.61. The number of aromatic nitrogens is 2. The van der Waals surface area contributed by atoms with E-state index in [1.165, 1.54) is 10.9 Å². The van der Waals surface area contributed by atoms with Crippen LogP contribution in [0.4, 0.5) is 0 Å². The predicted octanol–water partition coefficient (Wildman–Crippen LogP) is 1.71. The zero-order valence-corrected chi connectivity index (χ0v) is 15.9. The molecule has 0 spiro atoms. The number of aryl methyl sites for hydroxylation is 2. The molecule has 0 aromatic carbocycles. The number of likely N-dealkylation sites (tertiary alicyclic amines) is 1. The van der Waals surface area contributed by atoms with Gasteiger partial charge in [0.25, 0.3) is 11.5 Å². The van der Waals surface area contributed by atoms with Gasteiger partial charge in [-0.15, -0.1) is 0 Å². The van der Waals surface area contributed by atoms with Crippen molar-refractivity contribution < 1.29 is 19.1 Å². The summed E-state index contributed by atoms with van der Waals surface area (Å²) in [6.07, 6.45) is 5.48. The van der Waals surface area contributed by atoms with E-state index in [0.29, 0.717) is 43.9 Å². The number of carbonyl (C=O) groups excluding carboxylic acids is 1. The highest BCUT2D eigenvalue weighted by Gasteiger charge is 2.32. The minimum absolute atomic E-state index is 0.0128. The van der Waals surface area contributed by atoms with Gasteiger partial charge < -0.3 is 19.2 Å². The van der Waals surface area contributed by atoms with Crippen LogP contribution >= 0.6 is 0 Å². The van der Waals surface area contributed by atoms with Gasteiger partial charge in [-0.3, -0.25) is 14.2 Å². The third-order valence-electron chi connectivity index (χ3n) is 5.17. The van der Waals surface area contributed by atoms with E-state index >= 15 is 0 Å². The van der Waals surface area contributed by atoms with Gasteiger partial charge in [0.15, 0.2) is 0 Å². The molecule has 3 heterocycles. The van der Waals surface area contributed by atoms with Gasteiger partial charge in [-0.1, -0.05) is 0 Å². The molecule has 1 amide bonds. The van der Waals surface area contributed by atoms with E-state index in [1.807, 2.05) is 0 Å². The average Bonchev–Trinajstić information content (AvgIpc) is 3.01. The number of ether oxygens (including phenoxy) is 1. The highest BCUT2D eigenvalue weighted by atomic mass is 16.5. The van der Waals surface area contributed by atoms with Crippen LogP contribution in [-0.2, 0) is 11.3 Å². The van der Waals surface area contributed by atoms with Crippen molar-refractivity contribution >= 4 is 17.0 Å². The molecule has 0 saturated carbocycles. The standard InChI is InChI=1S/C19H27N3O5/c1-13-15(19(25)22-9-4-3-6-14(22)7-10-23)16-17(27-13)20-12-21(18(16)24)8-5-11-26-2/h12,14,23H,3-11H2,1-2H3. The maximum Gasteiger partial charge on any atom is 0.265 e. The van der Waals surface area contributed by atoms with Crippen LogP contribution < -0.4 is 5.56 Å². The lowest BCUT2D eigenvalue weighted by atomic mass is 9.98. The summed E-state index contributed by atoms with van der Waals surface area (Å²) in [4.78, 5) is 32.3. The van der Waals surface area contributed by atoms with E-state index < -0.39 is 0 Å². The van der Waals surface area contributed by atoms with Crippen molar-refractivity contribution in [1.82, 2.24) is 14.5 Å². The van der Waals surface area contributed by atoms with Crippen LogP contribution in [0, 0.1) is 6.92 Å². The number of piperidine rings is 1. The summed E-state index contributed by atoms with van der Waals surface area (Å²) < 4.78 is 12.2. The zero-order chi connectivity index (χ0) is 19.4. The number of furan rings is 1. The van der Waals surface area contributed by atoms with E-state index in [2.05, 4.69) is 4.98 Å². The molecule has 3 rings (SSSR count). The molecule has 0 bridgehead atoms. The summed E-state index contributed by atoms with van der Waals surface area (Å²) in [6.45, 7) is 3.35. The third kappa shape index (κ3) is 3.91. The number of aliphatic hydroxyl groups excluding tert-OH is 1. The first-order chi connectivity index (χ1) is 13.1. The number of hydrogen-bond donors (Lipinski definition) is 1. The molecule has 0 radical (unpaired) electrons. The van der Waals surface area contributed by atoms with Crippen molar-refractivity contribution in [2.45, 2.75) is 51.6 Å². The van der Waals surface area contributed by atoms with E-state index in [9.17, 15) is 14.7 Å². The van der Waals surface area contributed by atoms with Crippen LogP contribution in [0.25, 0.3) is 11.1 Å². The number of hydrogen-bond acceptors (Lipinski definition) is 6. The molecule has 1 aliphatic rings. The molecule has 1 fully saturated rings. The Morgan fingerprint density at radius 1 is 1.44 bits per heavy atom. The van der Waals surface area contributed by atoms with Crippen molar-refractivity contribution in [2.75, 3.05) is 26.9 Å². The Hall–Kier alpha value is -2.19. The molecular formula is C19H27N3O5. The van der Waals surface area contributed by atoms with Crippen LogP contribution in [0.2, 0.25) is 0 Å². The average molecular weight is 377 g/mol. The molecule has 1 atom stereocenters. The molecule has 1 aliphatic heterocycles.